The third-order valence-corrected chi connectivity index (χ3v) is 19.7. The summed E-state index contributed by atoms with van der Waals surface area (Å²) in [7, 11) is 1.68. The second-order valence-corrected chi connectivity index (χ2v) is 22.7. The summed E-state index contributed by atoms with van der Waals surface area (Å²) < 4.78 is 18.3. The van der Waals surface area contributed by atoms with E-state index in [1.165, 1.54) is 6.92 Å². The number of ketones is 1. The van der Waals surface area contributed by atoms with Crippen molar-refractivity contribution in [2.45, 2.75) is 183 Å². The quantitative estimate of drug-likeness (QED) is 0.0687. The van der Waals surface area contributed by atoms with E-state index in [1.54, 1.807) is 18.9 Å². The average molecular weight is 894 g/mol. The number of hydrogen-bond acceptors (Lipinski definition) is 13. The largest absolute Gasteiger partial charge is 0.392 e. The van der Waals surface area contributed by atoms with Gasteiger partial charge >= 0.3 is 0 Å². The highest BCUT2D eigenvalue weighted by Crippen LogP contribution is 2.79. The molecule has 8 N–H and O–H groups in total. The van der Waals surface area contributed by atoms with Gasteiger partial charge in [0.15, 0.2) is 5.78 Å². The number of rotatable bonds is 10. The van der Waals surface area contributed by atoms with E-state index in [-0.39, 0.29) is 61.1 Å². The van der Waals surface area contributed by atoms with Crippen LogP contribution < -0.4 is 10.6 Å². The van der Waals surface area contributed by atoms with E-state index in [0.29, 0.717) is 76.7 Å². The van der Waals surface area contributed by atoms with Crippen LogP contribution in [0.1, 0.15) is 124 Å². The minimum absolute atomic E-state index is 0.0582. The van der Waals surface area contributed by atoms with Crippen LogP contribution in [0.4, 0.5) is 0 Å². The first kappa shape index (κ1) is 45.8. The highest BCUT2D eigenvalue weighted by molar-refractivity contribution is 6.01. The lowest BCUT2D eigenvalue weighted by molar-refractivity contribution is -0.348. The first-order chi connectivity index (χ1) is 30.5. The molecule has 356 valence electrons. The van der Waals surface area contributed by atoms with Crippen molar-refractivity contribution in [2.24, 2.45) is 51.8 Å². The number of carbonyl (C=O) groups is 2. The van der Waals surface area contributed by atoms with Gasteiger partial charge in [0.25, 0.3) is 0 Å². The van der Waals surface area contributed by atoms with Gasteiger partial charge in [0.05, 0.1) is 35.3 Å². The number of nitrogens with one attached hydrogen (secondary N) is 2. The molecule has 17 atom stereocenters. The highest BCUT2D eigenvalue weighted by Gasteiger charge is 2.81. The average Bonchev–Trinajstić information content (AvgIpc) is 3.85. The molecule has 0 aromatic rings. The minimum atomic E-state index is -2.89. The van der Waals surface area contributed by atoms with Crippen LogP contribution >= 0.6 is 0 Å². The van der Waals surface area contributed by atoms with E-state index in [4.69, 9.17) is 14.2 Å². The zero-order valence-corrected chi connectivity index (χ0v) is 38.5. The van der Waals surface area contributed by atoms with Gasteiger partial charge < -0.3 is 55.1 Å². The molecule has 1 spiro atoms. The summed E-state index contributed by atoms with van der Waals surface area (Å²) in [6.45, 7) is 7.49. The fraction of sp³-hybridized carbons (Fsp3) is 0.880. The Morgan fingerprint density at radius 3 is 2.52 bits per heavy atom. The number of aliphatic hydroxyl groups excluding tert-OH is 2. The van der Waals surface area contributed by atoms with E-state index < -0.39 is 81.6 Å². The van der Waals surface area contributed by atoms with Gasteiger partial charge in [-0.15, -0.1) is 5.92 Å². The molecule has 0 aromatic carbocycles. The second-order valence-electron chi connectivity index (χ2n) is 22.7. The van der Waals surface area contributed by atoms with E-state index >= 15 is 4.79 Å². The summed E-state index contributed by atoms with van der Waals surface area (Å²) in [5, 5.41) is 82.3. The number of allylic oxidation sites excluding steroid dienone is 1. The van der Waals surface area contributed by atoms with Crippen molar-refractivity contribution >= 4 is 11.7 Å². The molecule has 11 rings (SSSR count). The van der Waals surface area contributed by atoms with Crippen molar-refractivity contribution < 1.29 is 54.4 Å². The predicted molar refractivity (Wildman–Crippen MR) is 234 cm³/mol. The summed E-state index contributed by atoms with van der Waals surface area (Å²) >= 11 is 0. The first-order valence-electron chi connectivity index (χ1n) is 25.0. The van der Waals surface area contributed by atoms with Gasteiger partial charge in [0.1, 0.15) is 24.0 Å². The van der Waals surface area contributed by atoms with Gasteiger partial charge in [-0.2, -0.15) is 0 Å². The number of hydrogen-bond donors (Lipinski definition) is 8. The van der Waals surface area contributed by atoms with Gasteiger partial charge in [-0.25, -0.2) is 0 Å². The Morgan fingerprint density at radius 1 is 0.984 bits per heavy atom. The van der Waals surface area contributed by atoms with E-state index in [2.05, 4.69) is 29.4 Å². The summed E-state index contributed by atoms with van der Waals surface area (Å²) in [6, 6.07) is -0.874. The fourth-order valence-electron chi connectivity index (χ4n) is 16.5. The van der Waals surface area contributed by atoms with E-state index in [9.17, 15) is 35.4 Å². The van der Waals surface area contributed by atoms with Crippen molar-refractivity contribution in [3.8, 4) is 11.8 Å². The standard InChI is InChI=1S/C50H75N3O11/c1-28(54)25-51-26-35-34-24-37-44(57)53-27-31(53)12-8-16-47-18-19-48(29-10-6-5-7-11-29)38(46(3,58)50(60,61)42(35)64-40(34)43(56)52-37)22-30-13-14-33(41(47)49(30,48)59)39(55)36-23-32(15-17-45(36,47)2)63-21-9-20-62-4/h28-32,34-38,40,42-43,51-52,54,56,58-61H,5-7,9-15,17-27H2,1-4H3. The molecule has 14 heteroatoms. The maximum absolute atomic E-state index is 15.4. The zero-order chi connectivity index (χ0) is 45.2. The van der Waals surface area contributed by atoms with E-state index in [1.807, 2.05) is 0 Å². The molecule has 6 aliphatic carbocycles. The van der Waals surface area contributed by atoms with Gasteiger partial charge in [-0.3, -0.25) is 14.9 Å². The number of Topliss-reactive ketones (excluding diaryl/α,β-unsaturated/α-hetero) is 1. The minimum Gasteiger partial charge on any atom is -0.392 e. The van der Waals surface area contributed by atoms with Crippen LogP contribution in [0.15, 0.2) is 11.1 Å². The van der Waals surface area contributed by atoms with Gasteiger partial charge in [-0.05, 0) is 125 Å². The lowest BCUT2D eigenvalue weighted by Crippen LogP contribution is -2.73. The molecular weight excluding hydrogens is 819 g/mol. The molecule has 14 nitrogen and oxygen atoms in total. The molecular formula is C50H75N3O11. The Labute approximate surface area is 378 Å². The lowest BCUT2D eigenvalue weighted by atomic mass is 9.35. The molecule has 7 bridgehead atoms. The third-order valence-electron chi connectivity index (χ3n) is 19.7. The Morgan fingerprint density at radius 2 is 1.77 bits per heavy atom. The molecule has 1 amide bonds. The number of fused-ring (bicyclic) bond motifs is 4. The van der Waals surface area contributed by atoms with Gasteiger partial charge in [-0.1, -0.05) is 32.1 Å². The smallest absolute Gasteiger partial charge is 0.240 e. The number of amides is 1. The molecule has 11 aliphatic rings. The highest BCUT2D eigenvalue weighted by atomic mass is 16.6. The zero-order valence-electron chi connectivity index (χ0n) is 38.5. The summed E-state index contributed by atoms with van der Waals surface area (Å²) in [4.78, 5) is 31.5. The van der Waals surface area contributed by atoms with Crippen LogP contribution in [0, 0.1) is 63.6 Å². The summed E-state index contributed by atoms with van der Waals surface area (Å²) in [5.41, 5.74) is -4.87. The lowest BCUT2D eigenvalue weighted by Gasteiger charge is -2.69. The fourth-order valence-corrected chi connectivity index (χ4v) is 16.5. The van der Waals surface area contributed by atoms with Crippen LogP contribution in [-0.4, -0.2) is 147 Å². The Balaban J connectivity index is 1.14. The number of ether oxygens (including phenoxy) is 3. The molecule has 5 aliphatic heterocycles. The molecule has 5 heterocycles. The van der Waals surface area contributed by atoms with Crippen molar-refractivity contribution in [3.63, 3.8) is 0 Å². The van der Waals surface area contributed by atoms with Gasteiger partial charge in [0.2, 0.25) is 11.7 Å². The third kappa shape index (κ3) is 6.45. The molecule has 7 fully saturated rings. The number of methoxy groups -OCH3 is 1. The van der Waals surface area contributed by atoms with Crippen molar-refractivity contribution in [1.82, 2.24) is 15.5 Å². The van der Waals surface area contributed by atoms with E-state index in [0.717, 1.165) is 50.5 Å². The maximum atomic E-state index is 15.4. The molecule has 0 radical (unpaired) electrons. The van der Waals surface area contributed by atoms with Crippen molar-refractivity contribution in [2.75, 3.05) is 40.0 Å². The monoisotopic (exact) mass is 894 g/mol. The SMILES string of the molecule is COCCCOC1CCC2(C)C(C1)C(=O)C1=C3C24C#CCC2CN2C(=O)C2CC5C(CNCC(C)O)C(OC5C(O)N2)C(O)(O)C(C)(O)C2CC(CC1)C3(O)C2(C1CCCCC1)CC4. The van der Waals surface area contributed by atoms with Crippen LogP contribution in [0.3, 0.4) is 0 Å². The second kappa shape index (κ2) is 16.3. The van der Waals surface area contributed by atoms with Gasteiger partial charge in [0, 0.05) is 69.5 Å². The Hall–Kier alpha value is -2.00. The number of aliphatic hydroxyl groups is 6. The number of carbonyl (C=O) groups excluding carboxylic acids is 2. The number of piperidine rings is 1. The van der Waals surface area contributed by atoms with Crippen molar-refractivity contribution in [3.05, 3.63) is 11.1 Å². The molecule has 17 unspecified atom stereocenters. The van der Waals surface area contributed by atoms with Crippen LogP contribution in [0.5, 0.6) is 0 Å². The van der Waals surface area contributed by atoms with Crippen LogP contribution in [0.2, 0.25) is 0 Å². The normalized spacial score (nSPS) is 48.6. The molecule has 4 saturated carbocycles. The van der Waals surface area contributed by atoms with Crippen LogP contribution in [0.25, 0.3) is 0 Å². The first-order valence-corrected chi connectivity index (χ1v) is 25.0. The topological polar surface area (TPSA) is 210 Å². The molecule has 3 saturated heterocycles. The van der Waals surface area contributed by atoms with Crippen LogP contribution in [-0.2, 0) is 23.8 Å². The Bertz CT molecular complexity index is 1940. The molecule has 64 heavy (non-hydrogen) atoms. The Kier molecular flexibility index (Phi) is 11.7. The summed E-state index contributed by atoms with van der Waals surface area (Å²) in [5.74, 6) is 1.81. The van der Waals surface area contributed by atoms with Crippen molar-refractivity contribution in [1.29, 1.82) is 0 Å². The molecule has 0 aromatic heterocycles. The number of nitrogens with zero attached hydrogens (tertiary/aromatic N) is 1. The summed E-state index contributed by atoms with van der Waals surface area (Å²) in [6.07, 6.45) is 6.17. The maximum Gasteiger partial charge on any atom is 0.240 e. The predicted octanol–water partition coefficient (Wildman–Crippen LogP) is 2.30.